The Labute approximate surface area is 191 Å². The van der Waals surface area contributed by atoms with E-state index in [1.54, 1.807) is 6.07 Å². The third kappa shape index (κ3) is 4.64. The molecule has 0 radical (unpaired) electrons. The minimum Gasteiger partial charge on any atom is -0.449 e. The van der Waals surface area contributed by atoms with Crippen molar-refractivity contribution in [1.82, 2.24) is 34.7 Å². The number of nitriles is 1. The van der Waals surface area contributed by atoms with Gasteiger partial charge in [0.15, 0.2) is 5.69 Å². The number of ether oxygens (including phenoxy) is 1. The van der Waals surface area contributed by atoms with Gasteiger partial charge in [0.25, 0.3) is 11.1 Å². The minimum atomic E-state index is -5.01. The fourth-order valence-corrected chi connectivity index (χ4v) is 3.10. The van der Waals surface area contributed by atoms with Gasteiger partial charge in [-0.3, -0.25) is 14.2 Å². The summed E-state index contributed by atoms with van der Waals surface area (Å²) in [4.78, 5) is 28.3. The highest BCUT2D eigenvalue weighted by atomic mass is 35.5. The molecule has 172 valence electrons. The molecule has 0 bridgehead atoms. The second-order valence-electron chi connectivity index (χ2n) is 6.66. The van der Waals surface area contributed by atoms with E-state index in [2.05, 4.69) is 25.5 Å². The molecule has 0 amide bonds. The van der Waals surface area contributed by atoms with Crippen LogP contribution in [0.3, 0.4) is 0 Å². The van der Waals surface area contributed by atoms with Crippen molar-refractivity contribution in [3.8, 4) is 23.3 Å². The number of nitrogens with one attached hydrogen (secondary N) is 1. The van der Waals surface area contributed by atoms with Gasteiger partial charge in [0.2, 0.25) is 5.75 Å². The number of alkyl halides is 3. The summed E-state index contributed by atoms with van der Waals surface area (Å²) in [5.41, 5.74) is -3.21. The Morgan fingerprint density at radius 2 is 2.00 bits per heavy atom. The quantitative estimate of drug-likeness (QED) is 0.448. The number of benzene rings is 1. The summed E-state index contributed by atoms with van der Waals surface area (Å²) in [6.07, 6.45) is -1.60. The Kier molecular flexibility index (Phi) is 5.86. The molecule has 0 saturated heterocycles. The Balaban J connectivity index is 1.77. The number of rotatable bonds is 5. The molecule has 1 aromatic carbocycles. The number of hydrogen-bond donors (Lipinski definition) is 1. The molecular formula is C19H10ClF3N8O3. The Bertz CT molecular complexity index is 1520. The topological polar surface area (TPSA) is 144 Å². The maximum atomic E-state index is 13.5. The molecule has 0 unspecified atom stereocenters. The first-order chi connectivity index (χ1) is 16.2. The van der Waals surface area contributed by atoms with Crippen molar-refractivity contribution in [2.75, 3.05) is 0 Å². The largest absolute Gasteiger partial charge is 0.449 e. The van der Waals surface area contributed by atoms with Crippen molar-refractivity contribution in [1.29, 1.82) is 5.26 Å². The molecule has 1 N–H and O–H groups in total. The van der Waals surface area contributed by atoms with E-state index in [9.17, 15) is 22.8 Å². The zero-order chi connectivity index (χ0) is 24.5. The first-order valence-corrected chi connectivity index (χ1v) is 9.54. The Hall–Kier alpha value is -4.51. The summed E-state index contributed by atoms with van der Waals surface area (Å²) >= 11 is 5.87. The number of halogens is 4. The molecule has 0 aliphatic heterocycles. The standard InChI is InChI=1S/C19H10ClF3N8O3/c20-11-3-10(7-24)4-13(5-11)34-15-16(19(21,22)23)25-9-30(18(15)33)8-12-6-14(17(32)28-27-12)31-2-1-26-29-31/h1-6,9H,8H2,(H,28,32). The van der Waals surface area contributed by atoms with Crippen molar-refractivity contribution in [3.05, 3.63) is 85.7 Å². The molecule has 0 fully saturated rings. The van der Waals surface area contributed by atoms with Gasteiger partial charge in [-0.15, -0.1) is 5.10 Å². The van der Waals surface area contributed by atoms with E-state index < -0.39 is 28.7 Å². The van der Waals surface area contributed by atoms with Gasteiger partial charge in [0.1, 0.15) is 11.4 Å². The molecule has 11 nitrogen and oxygen atoms in total. The number of H-pyrrole nitrogens is 1. The molecule has 34 heavy (non-hydrogen) atoms. The number of nitrogens with zero attached hydrogens (tertiary/aromatic N) is 7. The predicted octanol–water partition coefficient (Wildman–Crippen LogP) is 2.29. The molecule has 4 rings (SSSR count). The van der Waals surface area contributed by atoms with Crippen LogP contribution in [0.1, 0.15) is 17.0 Å². The smallest absolute Gasteiger partial charge is 0.437 e. The fraction of sp³-hybridized carbons (Fsp3) is 0.105. The summed E-state index contributed by atoms with van der Waals surface area (Å²) in [6, 6.07) is 6.61. The lowest BCUT2D eigenvalue weighted by molar-refractivity contribution is -0.142. The highest BCUT2D eigenvalue weighted by Gasteiger charge is 2.38. The molecule has 0 aliphatic carbocycles. The summed E-state index contributed by atoms with van der Waals surface area (Å²) in [5, 5.41) is 22.4. The molecular weight excluding hydrogens is 481 g/mol. The maximum Gasteiger partial charge on any atom is 0.437 e. The van der Waals surface area contributed by atoms with Crippen LogP contribution in [0.25, 0.3) is 5.69 Å². The number of hydrogen-bond acceptors (Lipinski definition) is 8. The zero-order valence-electron chi connectivity index (χ0n) is 16.6. The number of aromatic amines is 1. The SMILES string of the molecule is N#Cc1cc(Cl)cc(Oc2c(C(F)(F)F)ncn(Cc3cc(-n4ccnn4)c(=O)[nH]n3)c2=O)c1. The normalized spacial score (nSPS) is 11.3. The molecule has 15 heteroatoms. The van der Waals surface area contributed by atoms with Crippen molar-refractivity contribution in [3.63, 3.8) is 0 Å². The molecule has 3 aromatic heterocycles. The van der Waals surface area contributed by atoms with Gasteiger partial charge in [-0.2, -0.15) is 23.5 Å². The zero-order valence-corrected chi connectivity index (χ0v) is 17.4. The lowest BCUT2D eigenvalue weighted by atomic mass is 10.2. The lowest BCUT2D eigenvalue weighted by Gasteiger charge is -2.15. The minimum absolute atomic E-state index is 0.0124. The molecule has 0 spiro atoms. The average molecular weight is 491 g/mol. The van der Waals surface area contributed by atoms with Gasteiger partial charge >= 0.3 is 6.18 Å². The van der Waals surface area contributed by atoms with Gasteiger partial charge in [0.05, 0.1) is 42.6 Å². The molecule has 4 aromatic rings. The second-order valence-corrected chi connectivity index (χ2v) is 7.10. The van der Waals surface area contributed by atoms with Gasteiger partial charge < -0.3 is 4.74 Å². The van der Waals surface area contributed by atoms with Crippen LogP contribution >= 0.6 is 11.6 Å². The summed E-state index contributed by atoms with van der Waals surface area (Å²) in [5.74, 6) is -1.39. The van der Waals surface area contributed by atoms with E-state index in [0.29, 0.717) is 6.33 Å². The molecule has 3 heterocycles. The third-order valence-corrected chi connectivity index (χ3v) is 4.54. The van der Waals surface area contributed by atoms with E-state index in [1.807, 2.05) is 0 Å². The Morgan fingerprint density at radius 1 is 1.21 bits per heavy atom. The first-order valence-electron chi connectivity index (χ1n) is 9.16. The van der Waals surface area contributed by atoms with Crippen LogP contribution in [0, 0.1) is 11.3 Å². The Morgan fingerprint density at radius 3 is 2.68 bits per heavy atom. The van der Waals surface area contributed by atoms with Crippen LogP contribution in [0.4, 0.5) is 13.2 Å². The van der Waals surface area contributed by atoms with Crippen LogP contribution in [-0.4, -0.2) is 34.7 Å². The summed E-state index contributed by atoms with van der Waals surface area (Å²) in [6.45, 7) is -0.363. The average Bonchev–Trinajstić information content (AvgIpc) is 3.31. The van der Waals surface area contributed by atoms with Crippen molar-refractivity contribution >= 4 is 11.6 Å². The van der Waals surface area contributed by atoms with Crippen LogP contribution in [0.5, 0.6) is 11.5 Å². The third-order valence-electron chi connectivity index (χ3n) is 4.32. The fourth-order valence-electron chi connectivity index (χ4n) is 2.88. The molecule has 0 atom stereocenters. The van der Waals surface area contributed by atoms with Crippen LogP contribution < -0.4 is 15.9 Å². The van der Waals surface area contributed by atoms with Gasteiger partial charge in [0, 0.05) is 5.02 Å². The van der Waals surface area contributed by atoms with Crippen LogP contribution in [0.2, 0.25) is 5.02 Å². The van der Waals surface area contributed by atoms with Crippen molar-refractivity contribution in [2.45, 2.75) is 12.7 Å². The van der Waals surface area contributed by atoms with E-state index in [1.165, 1.54) is 24.5 Å². The molecule has 0 saturated carbocycles. The van der Waals surface area contributed by atoms with E-state index in [0.717, 1.165) is 21.4 Å². The predicted molar refractivity (Wildman–Crippen MR) is 109 cm³/mol. The van der Waals surface area contributed by atoms with Crippen molar-refractivity contribution in [2.24, 2.45) is 0 Å². The highest BCUT2D eigenvalue weighted by molar-refractivity contribution is 6.30. The van der Waals surface area contributed by atoms with E-state index >= 15 is 0 Å². The summed E-state index contributed by atoms with van der Waals surface area (Å²) in [7, 11) is 0. The van der Waals surface area contributed by atoms with Crippen LogP contribution in [-0.2, 0) is 12.7 Å². The lowest BCUT2D eigenvalue weighted by Crippen LogP contribution is -2.27. The first kappa shape index (κ1) is 22.7. The van der Waals surface area contributed by atoms with E-state index in [-0.39, 0.29) is 34.3 Å². The van der Waals surface area contributed by atoms with Gasteiger partial charge in [-0.1, -0.05) is 16.8 Å². The monoisotopic (exact) mass is 490 g/mol. The van der Waals surface area contributed by atoms with E-state index in [4.69, 9.17) is 21.6 Å². The summed E-state index contributed by atoms with van der Waals surface area (Å²) < 4.78 is 47.8. The van der Waals surface area contributed by atoms with Gasteiger partial charge in [-0.05, 0) is 24.3 Å². The van der Waals surface area contributed by atoms with Gasteiger partial charge in [-0.25, -0.2) is 14.8 Å². The number of aromatic nitrogens is 7. The highest BCUT2D eigenvalue weighted by Crippen LogP contribution is 2.35. The molecule has 0 aliphatic rings. The maximum absolute atomic E-state index is 13.5. The second kappa shape index (κ2) is 8.79. The van der Waals surface area contributed by atoms with Crippen molar-refractivity contribution < 1.29 is 17.9 Å². The van der Waals surface area contributed by atoms with Crippen LogP contribution in [0.15, 0.2) is 52.6 Å².